The highest BCUT2D eigenvalue weighted by Gasteiger charge is 2.19. The zero-order valence-corrected chi connectivity index (χ0v) is 10.4. The molecule has 0 saturated carbocycles. The van der Waals surface area contributed by atoms with Crippen molar-refractivity contribution >= 4 is 11.6 Å². The summed E-state index contributed by atoms with van der Waals surface area (Å²) in [5.74, 6) is -0.336. The number of nitrogens with two attached hydrogens (primary N) is 1. The molecule has 92 valence electrons. The van der Waals surface area contributed by atoms with Gasteiger partial charge in [0.25, 0.3) is 0 Å². The molecule has 1 heterocycles. The summed E-state index contributed by atoms with van der Waals surface area (Å²) in [4.78, 5) is 13.6. The Kier molecular flexibility index (Phi) is 3.33. The first-order valence-electron chi connectivity index (χ1n) is 5.94. The molecule has 0 bridgehead atoms. The molecule has 1 aliphatic heterocycles. The van der Waals surface area contributed by atoms with Crippen molar-refractivity contribution in [1.82, 2.24) is 5.32 Å². The number of benzene rings is 1. The fourth-order valence-corrected chi connectivity index (χ4v) is 2.46. The number of rotatable bonds is 3. The number of nitrogens with zero attached hydrogens (tertiary/aromatic N) is 1. The van der Waals surface area contributed by atoms with Crippen molar-refractivity contribution in [2.24, 2.45) is 5.73 Å². The number of aryl methyl sites for hydroxylation is 1. The molecule has 1 unspecified atom stereocenters. The number of anilines is 1. The van der Waals surface area contributed by atoms with Crippen molar-refractivity contribution in [1.29, 1.82) is 0 Å². The molecule has 4 heteroatoms. The number of fused-ring (bicyclic) bond motifs is 1. The highest BCUT2D eigenvalue weighted by Crippen LogP contribution is 2.28. The van der Waals surface area contributed by atoms with Crippen LogP contribution >= 0.6 is 0 Å². The highest BCUT2D eigenvalue weighted by atomic mass is 16.1. The van der Waals surface area contributed by atoms with Crippen LogP contribution < -0.4 is 16.0 Å². The van der Waals surface area contributed by atoms with Gasteiger partial charge in [-0.05, 0) is 37.1 Å². The molecule has 0 aromatic heterocycles. The highest BCUT2D eigenvalue weighted by molar-refractivity contribution is 5.81. The Balaban J connectivity index is 2.35. The lowest BCUT2D eigenvalue weighted by Crippen LogP contribution is -2.31. The third-order valence-electron chi connectivity index (χ3n) is 3.36. The summed E-state index contributed by atoms with van der Waals surface area (Å²) in [6.07, 6.45) is 2.23. The Bertz CT molecular complexity index is 431. The van der Waals surface area contributed by atoms with Gasteiger partial charge in [0, 0.05) is 19.3 Å². The van der Waals surface area contributed by atoms with E-state index in [-0.39, 0.29) is 5.91 Å². The van der Waals surface area contributed by atoms with Crippen molar-refractivity contribution in [3.8, 4) is 0 Å². The van der Waals surface area contributed by atoms with Gasteiger partial charge in [0.15, 0.2) is 0 Å². The van der Waals surface area contributed by atoms with E-state index < -0.39 is 6.04 Å². The Hall–Kier alpha value is -1.55. The summed E-state index contributed by atoms with van der Waals surface area (Å²) < 4.78 is 0. The maximum atomic E-state index is 11.3. The fourth-order valence-electron chi connectivity index (χ4n) is 2.46. The molecule has 3 N–H and O–H groups in total. The molecule has 1 aromatic rings. The van der Waals surface area contributed by atoms with Crippen molar-refractivity contribution < 1.29 is 4.79 Å². The summed E-state index contributed by atoms with van der Waals surface area (Å²) >= 11 is 0. The fraction of sp³-hybridized carbons (Fsp3) is 0.462. The standard InChI is InChI=1S/C13H19N3O/c1-15-12(13(14)17)10-5-6-11-9(8-10)4-3-7-16(11)2/h5-6,8,12,15H,3-4,7H2,1-2H3,(H2,14,17). The monoisotopic (exact) mass is 233 g/mol. The second-order valence-corrected chi connectivity index (χ2v) is 4.54. The van der Waals surface area contributed by atoms with Gasteiger partial charge in [-0.1, -0.05) is 12.1 Å². The number of carbonyl (C=O) groups is 1. The number of amides is 1. The number of likely N-dealkylation sites (N-methyl/N-ethyl adjacent to an activating group) is 1. The van der Waals surface area contributed by atoms with Crippen molar-refractivity contribution in [2.75, 3.05) is 25.5 Å². The molecule has 0 spiro atoms. The van der Waals surface area contributed by atoms with Gasteiger partial charge < -0.3 is 16.0 Å². The Morgan fingerprint density at radius 2 is 2.29 bits per heavy atom. The second kappa shape index (κ2) is 4.75. The lowest BCUT2D eigenvalue weighted by molar-refractivity contribution is -0.120. The third kappa shape index (κ3) is 2.26. The molecule has 0 fully saturated rings. The van der Waals surface area contributed by atoms with Gasteiger partial charge in [-0.15, -0.1) is 0 Å². The first-order chi connectivity index (χ1) is 8.13. The number of hydrogen-bond donors (Lipinski definition) is 2. The molecule has 17 heavy (non-hydrogen) atoms. The summed E-state index contributed by atoms with van der Waals surface area (Å²) in [6.45, 7) is 1.09. The van der Waals surface area contributed by atoms with Gasteiger partial charge in [-0.3, -0.25) is 4.79 Å². The van der Waals surface area contributed by atoms with Gasteiger partial charge in [-0.2, -0.15) is 0 Å². The summed E-state index contributed by atoms with van der Waals surface area (Å²) in [5.41, 5.74) is 8.89. The van der Waals surface area contributed by atoms with E-state index in [1.165, 1.54) is 11.3 Å². The maximum Gasteiger partial charge on any atom is 0.239 e. The van der Waals surface area contributed by atoms with Crippen LogP contribution in [0.1, 0.15) is 23.6 Å². The van der Waals surface area contributed by atoms with Crippen molar-refractivity contribution in [3.63, 3.8) is 0 Å². The van der Waals surface area contributed by atoms with E-state index in [1.54, 1.807) is 7.05 Å². The van der Waals surface area contributed by atoms with Gasteiger partial charge >= 0.3 is 0 Å². The van der Waals surface area contributed by atoms with Crippen LogP contribution in [-0.4, -0.2) is 26.5 Å². The quantitative estimate of drug-likeness (QED) is 0.812. The molecule has 1 atom stereocenters. The van der Waals surface area contributed by atoms with E-state index in [1.807, 2.05) is 6.07 Å². The van der Waals surface area contributed by atoms with Crippen LogP contribution in [0, 0.1) is 0 Å². The van der Waals surface area contributed by atoms with Crippen LogP contribution in [0.25, 0.3) is 0 Å². The minimum absolute atomic E-state index is 0.336. The van der Waals surface area contributed by atoms with Crippen molar-refractivity contribution in [3.05, 3.63) is 29.3 Å². The molecule has 0 saturated heterocycles. The van der Waals surface area contributed by atoms with E-state index in [9.17, 15) is 4.79 Å². The molecular formula is C13H19N3O. The average Bonchev–Trinajstić information content (AvgIpc) is 2.29. The van der Waals surface area contributed by atoms with Gasteiger partial charge in [0.2, 0.25) is 5.91 Å². The van der Waals surface area contributed by atoms with Gasteiger partial charge in [0.1, 0.15) is 6.04 Å². The first-order valence-corrected chi connectivity index (χ1v) is 5.94. The Morgan fingerprint density at radius 1 is 1.53 bits per heavy atom. The number of hydrogen-bond acceptors (Lipinski definition) is 3. The number of primary amides is 1. The molecule has 1 aliphatic rings. The van der Waals surface area contributed by atoms with E-state index in [4.69, 9.17) is 5.73 Å². The number of nitrogens with one attached hydrogen (secondary N) is 1. The molecule has 0 radical (unpaired) electrons. The first kappa shape index (κ1) is 11.9. The lowest BCUT2D eigenvalue weighted by Gasteiger charge is -2.28. The van der Waals surface area contributed by atoms with Crippen LogP contribution in [-0.2, 0) is 11.2 Å². The molecule has 2 rings (SSSR count). The summed E-state index contributed by atoms with van der Waals surface area (Å²) in [5, 5.41) is 2.95. The predicted octanol–water partition coefficient (Wildman–Crippen LogP) is 0.815. The van der Waals surface area contributed by atoms with Crippen LogP contribution in [0.5, 0.6) is 0 Å². The molecule has 1 amide bonds. The minimum atomic E-state index is -0.396. The summed E-state index contributed by atoms with van der Waals surface area (Å²) in [7, 11) is 3.85. The Labute approximate surface area is 102 Å². The van der Waals surface area contributed by atoms with Crippen molar-refractivity contribution in [2.45, 2.75) is 18.9 Å². The maximum absolute atomic E-state index is 11.3. The molecular weight excluding hydrogens is 214 g/mol. The topological polar surface area (TPSA) is 58.4 Å². The SMILES string of the molecule is CNC(C(N)=O)c1ccc2c(c1)CCCN2C. The van der Waals surface area contributed by atoms with Crippen LogP contribution in [0.3, 0.4) is 0 Å². The number of carbonyl (C=O) groups excluding carboxylic acids is 1. The van der Waals surface area contributed by atoms with Gasteiger partial charge in [-0.25, -0.2) is 0 Å². The zero-order chi connectivity index (χ0) is 12.4. The van der Waals surface area contributed by atoms with E-state index in [0.717, 1.165) is 24.9 Å². The lowest BCUT2D eigenvalue weighted by atomic mass is 9.96. The zero-order valence-electron chi connectivity index (χ0n) is 10.4. The largest absolute Gasteiger partial charge is 0.374 e. The molecule has 1 aromatic carbocycles. The predicted molar refractivity (Wildman–Crippen MR) is 69.0 cm³/mol. The minimum Gasteiger partial charge on any atom is -0.374 e. The van der Waals surface area contributed by atoms with Crippen LogP contribution in [0.2, 0.25) is 0 Å². The van der Waals surface area contributed by atoms with Crippen LogP contribution in [0.4, 0.5) is 5.69 Å². The van der Waals surface area contributed by atoms with E-state index in [2.05, 4.69) is 29.4 Å². The summed E-state index contributed by atoms with van der Waals surface area (Å²) in [6, 6.07) is 5.76. The average molecular weight is 233 g/mol. The van der Waals surface area contributed by atoms with E-state index >= 15 is 0 Å². The normalized spacial score (nSPS) is 16.5. The second-order valence-electron chi connectivity index (χ2n) is 4.54. The van der Waals surface area contributed by atoms with Crippen LogP contribution in [0.15, 0.2) is 18.2 Å². The van der Waals surface area contributed by atoms with E-state index in [0.29, 0.717) is 0 Å². The Morgan fingerprint density at radius 3 is 2.94 bits per heavy atom. The third-order valence-corrected chi connectivity index (χ3v) is 3.36. The smallest absolute Gasteiger partial charge is 0.239 e. The molecule has 4 nitrogen and oxygen atoms in total. The molecule has 0 aliphatic carbocycles. The van der Waals surface area contributed by atoms with Gasteiger partial charge in [0.05, 0.1) is 0 Å².